The van der Waals surface area contributed by atoms with Gasteiger partial charge in [-0.25, -0.2) is 0 Å². The highest BCUT2D eigenvalue weighted by atomic mass is 32.2. The molecule has 3 nitrogen and oxygen atoms in total. The van der Waals surface area contributed by atoms with Gasteiger partial charge in [-0.3, -0.25) is 4.79 Å². The molecule has 2 rings (SSSR count). The van der Waals surface area contributed by atoms with Gasteiger partial charge in [0, 0.05) is 11.4 Å². The molecule has 0 amide bonds. The van der Waals surface area contributed by atoms with E-state index in [0.717, 1.165) is 10.5 Å². The molecule has 0 aliphatic heterocycles. The van der Waals surface area contributed by atoms with Crippen molar-refractivity contribution in [3.63, 3.8) is 0 Å². The van der Waals surface area contributed by atoms with E-state index in [0.29, 0.717) is 6.54 Å². The van der Waals surface area contributed by atoms with E-state index < -0.39 is 8.32 Å². The van der Waals surface area contributed by atoms with Gasteiger partial charge in [0.1, 0.15) is 6.04 Å². The summed E-state index contributed by atoms with van der Waals surface area (Å²) >= 11 is 1.31. The Kier molecular flexibility index (Phi) is 9.13. The second-order valence-corrected chi connectivity index (χ2v) is 16.0. The predicted octanol–water partition coefficient (Wildman–Crippen LogP) is 6.82. The normalized spacial score (nSPS) is 14.5. The molecule has 0 fully saturated rings. The first-order valence-electron chi connectivity index (χ1n) is 11.1. The van der Waals surface area contributed by atoms with E-state index in [9.17, 15) is 4.79 Å². The van der Waals surface area contributed by atoms with Crippen LogP contribution in [0.5, 0.6) is 0 Å². The predicted molar refractivity (Wildman–Crippen MR) is 136 cm³/mol. The van der Waals surface area contributed by atoms with E-state index in [1.807, 2.05) is 42.5 Å². The molecule has 31 heavy (non-hydrogen) atoms. The topological polar surface area (TPSA) is 38.3 Å². The lowest BCUT2D eigenvalue weighted by Gasteiger charge is -2.42. The number of nitrogens with one attached hydrogen (secondary N) is 1. The number of hydrogen-bond acceptors (Lipinski definition) is 4. The minimum atomic E-state index is -2.05. The molecule has 1 N–H and O–H groups in total. The number of hydrogen-bond donors (Lipinski definition) is 1. The van der Waals surface area contributed by atoms with E-state index in [4.69, 9.17) is 4.43 Å². The van der Waals surface area contributed by atoms with Gasteiger partial charge in [-0.05, 0) is 48.7 Å². The van der Waals surface area contributed by atoms with Gasteiger partial charge in [0.2, 0.25) is 5.12 Å². The number of benzene rings is 2. The van der Waals surface area contributed by atoms with E-state index in [1.165, 1.54) is 17.3 Å². The third-order valence-electron chi connectivity index (χ3n) is 6.08. The summed E-state index contributed by atoms with van der Waals surface area (Å²) in [5, 5.41) is 3.74. The van der Waals surface area contributed by atoms with E-state index in [2.05, 4.69) is 72.1 Å². The molecule has 2 atom stereocenters. The Morgan fingerprint density at radius 1 is 1.03 bits per heavy atom. The monoisotopic (exact) mass is 457 g/mol. The third kappa shape index (κ3) is 7.60. The Morgan fingerprint density at radius 3 is 2.13 bits per heavy atom. The van der Waals surface area contributed by atoms with Crippen LogP contribution in [0.15, 0.2) is 59.5 Å². The number of carbonyl (C=O) groups is 1. The lowest BCUT2D eigenvalue weighted by atomic mass is 10.00. The molecule has 0 bridgehead atoms. The van der Waals surface area contributed by atoms with Crippen LogP contribution in [-0.2, 0) is 15.8 Å². The van der Waals surface area contributed by atoms with Gasteiger partial charge in [-0.1, -0.05) is 94.4 Å². The van der Waals surface area contributed by atoms with Crippen molar-refractivity contribution in [2.45, 2.75) is 83.3 Å². The molecule has 5 heteroatoms. The first kappa shape index (κ1) is 25.9. The fraction of sp³-hybridized carbons (Fsp3) is 0.500. The van der Waals surface area contributed by atoms with Gasteiger partial charge in [-0.15, -0.1) is 0 Å². The molecule has 0 unspecified atom stereocenters. The van der Waals surface area contributed by atoms with Crippen molar-refractivity contribution in [1.29, 1.82) is 0 Å². The van der Waals surface area contributed by atoms with Crippen LogP contribution in [0.2, 0.25) is 18.1 Å². The standard InChI is InChI=1S/C26H39NO2SSi/c1-19(2)24(29-31(7,8)26(4,5)6)23(27-18-21-12-10-9-11-13-21)25(28)30-22-16-14-20(3)15-17-22/h9-17,19,23-24,27H,18H2,1-8H3/t23-,24-/m0/s1. The average molecular weight is 458 g/mol. The first-order chi connectivity index (χ1) is 14.4. The van der Waals surface area contributed by atoms with Gasteiger partial charge in [-0.2, -0.15) is 0 Å². The third-order valence-corrected chi connectivity index (χ3v) is 11.5. The summed E-state index contributed by atoms with van der Waals surface area (Å²) in [6.45, 7) is 18.2. The molecule has 0 saturated heterocycles. The van der Waals surface area contributed by atoms with Crippen molar-refractivity contribution in [1.82, 2.24) is 5.32 Å². The summed E-state index contributed by atoms with van der Waals surface area (Å²) in [4.78, 5) is 14.5. The maximum atomic E-state index is 13.5. The molecular weight excluding hydrogens is 418 g/mol. The van der Waals surface area contributed by atoms with Crippen molar-refractivity contribution in [3.05, 3.63) is 65.7 Å². The minimum absolute atomic E-state index is 0.0806. The Balaban J connectivity index is 2.30. The molecule has 0 spiro atoms. The Morgan fingerprint density at radius 2 is 1.61 bits per heavy atom. The summed E-state index contributed by atoms with van der Waals surface area (Å²) in [7, 11) is -2.05. The lowest BCUT2D eigenvalue weighted by Crippen LogP contribution is -2.54. The van der Waals surface area contributed by atoms with Gasteiger partial charge >= 0.3 is 0 Å². The zero-order valence-electron chi connectivity index (χ0n) is 20.4. The number of rotatable bonds is 9. The molecule has 170 valence electrons. The fourth-order valence-electron chi connectivity index (χ4n) is 3.05. The van der Waals surface area contributed by atoms with Crippen molar-refractivity contribution in [3.8, 4) is 0 Å². The molecule has 0 aromatic heterocycles. The highest BCUT2D eigenvalue weighted by Gasteiger charge is 2.43. The van der Waals surface area contributed by atoms with Gasteiger partial charge in [0.25, 0.3) is 0 Å². The maximum Gasteiger partial charge on any atom is 0.213 e. The second-order valence-electron chi connectivity index (χ2n) is 10.2. The van der Waals surface area contributed by atoms with Crippen molar-refractivity contribution in [2.24, 2.45) is 5.92 Å². The largest absolute Gasteiger partial charge is 0.412 e. The van der Waals surface area contributed by atoms with Crippen LogP contribution in [0.4, 0.5) is 0 Å². The number of thioether (sulfide) groups is 1. The van der Waals surface area contributed by atoms with Gasteiger partial charge < -0.3 is 9.74 Å². The van der Waals surface area contributed by atoms with Crippen LogP contribution in [0.1, 0.15) is 45.7 Å². The second kappa shape index (κ2) is 11.0. The summed E-state index contributed by atoms with van der Waals surface area (Å²) in [6, 6.07) is 18.0. The molecule has 0 saturated carbocycles. The van der Waals surface area contributed by atoms with Crippen LogP contribution in [0.25, 0.3) is 0 Å². The SMILES string of the molecule is Cc1ccc(SC(=O)[C@@H](NCc2ccccc2)[C@@H](O[Si](C)(C)C(C)(C)C)C(C)C)cc1. The van der Waals surface area contributed by atoms with Crippen molar-refractivity contribution >= 4 is 25.2 Å². The molecular formula is C26H39NO2SSi. The smallest absolute Gasteiger partial charge is 0.213 e. The zero-order valence-corrected chi connectivity index (χ0v) is 22.2. The van der Waals surface area contributed by atoms with Crippen LogP contribution >= 0.6 is 11.8 Å². The summed E-state index contributed by atoms with van der Waals surface area (Å²) in [5.41, 5.74) is 2.35. The van der Waals surface area contributed by atoms with E-state index >= 15 is 0 Å². The lowest BCUT2D eigenvalue weighted by molar-refractivity contribution is -0.115. The minimum Gasteiger partial charge on any atom is -0.412 e. The van der Waals surface area contributed by atoms with Gasteiger partial charge in [0.05, 0.1) is 6.10 Å². The van der Waals surface area contributed by atoms with E-state index in [1.54, 1.807) is 0 Å². The highest BCUT2D eigenvalue weighted by molar-refractivity contribution is 8.13. The first-order valence-corrected chi connectivity index (χ1v) is 14.9. The number of carbonyl (C=O) groups excluding carboxylic acids is 1. The maximum absolute atomic E-state index is 13.5. The highest BCUT2D eigenvalue weighted by Crippen LogP contribution is 2.39. The summed E-state index contributed by atoms with van der Waals surface area (Å²) in [6.07, 6.45) is -0.185. The molecule has 0 aliphatic carbocycles. The molecule has 2 aromatic carbocycles. The van der Waals surface area contributed by atoms with Crippen molar-refractivity contribution in [2.75, 3.05) is 0 Å². The van der Waals surface area contributed by atoms with Crippen LogP contribution in [0.3, 0.4) is 0 Å². The van der Waals surface area contributed by atoms with Crippen LogP contribution in [0, 0.1) is 12.8 Å². The summed E-state index contributed by atoms with van der Waals surface area (Å²) < 4.78 is 6.83. The molecule has 0 radical (unpaired) electrons. The quantitative estimate of drug-likeness (QED) is 0.331. The number of aryl methyl sites for hydroxylation is 1. The van der Waals surface area contributed by atoms with Crippen LogP contribution in [-0.4, -0.2) is 25.6 Å². The Labute approximate surface area is 194 Å². The van der Waals surface area contributed by atoms with Gasteiger partial charge in [0.15, 0.2) is 8.32 Å². The summed E-state index contributed by atoms with van der Waals surface area (Å²) in [5.74, 6) is 0.213. The zero-order chi connectivity index (χ0) is 23.2. The Hall–Kier alpha value is -1.40. The molecule has 0 heterocycles. The fourth-order valence-corrected chi connectivity index (χ4v) is 5.34. The van der Waals surface area contributed by atoms with Crippen LogP contribution < -0.4 is 5.32 Å². The Bertz CT molecular complexity index is 829. The molecule has 0 aliphatic rings. The van der Waals surface area contributed by atoms with Crippen molar-refractivity contribution < 1.29 is 9.22 Å². The van der Waals surface area contributed by atoms with E-state index in [-0.39, 0.29) is 28.2 Å². The molecule has 2 aromatic rings. The average Bonchev–Trinajstić information content (AvgIpc) is 2.68.